The van der Waals surface area contributed by atoms with E-state index in [4.69, 9.17) is 0 Å². The molecule has 0 saturated heterocycles. The first-order chi connectivity index (χ1) is 8.94. The smallest absolute Gasteiger partial charge is 0.242 e. The molecule has 0 atom stereocenters. The van der Waals surface area contributed by atoms with Crippen molar-refractivity contribution < 1.29 is 8.42 Å². The predicted molar refractivity (Wildman–Crippen MR) is 75.5 cm³/mol. The third-order valence-electron chi connectivity index (χ3n) is 3.26. The van der Waals surface area contributed by atoms with Crippen molar-refractivity contribution in [1.29, 1.82) is 0 Å². The first kappa shape index (κ1) is 14.6. The molecule has 2 rings (SSSR count). The molecule has 0 amide bonds. The van der Waals surface area contributed by atoms with Crippen LogP contribution >= 0.6 is 0 Å². The average Bonchev–Trinajstić information content (AvgIpc) is 3.03. The Bertz CT molecular complexity index is 530. The van der Waals surface area contributed by atoms with E-state index < -0.39 is 10.0 Å². The molecule has 108 valence electrons. The molecule has 0 aliphatic heterocycles. The van der Waals surface area contributed by atoms with E-state index in [9.17, 15) is 8.42 Å². The van der Waals surface area contributed by atoms with E-state index in [1.165, 1.54) is 12.8 Å². The molecule has 19 heavy (non-hydrogen) atoms. The van der Waals surface area contributed by atoms with Gasteiger partial charge in [-0.15, -0.1) is 0 Å². The highest BCUT2D eigenvalue weighted by molar-refractivity contribution is 7.89. The van der Waals surface area contributed by atoms with Gasteiger partial charge >= 0.3 is 0 Å². The number of hydrogen-bond donors (Lipinski definition) is 2. The van der Waals surface area contributed by atoms with E-state index >= 15 is 0 Å². The lowest BCUT2D eigenvalue weighted by Gasteiger charge is -2.13. The van der Waals surface area contributed by atoms with E-state index in [2.05, 4.69) is 23.9 Å². The zero-order valence-corrected chi connectivity index (χ0v) is 12.6. The Morgan fingerprint density at radius 2 is 2.11 bits per heavy atom. The fourth-order valence-corrected chi connectivity index (χ4v) is 3.17. The average molecular weight is 285 g/mol. The Morgan fingerprint density at radius 1 is 1.42 bits per heavy atom. The van der Waals surface area contributed by atoms with Gasteiger partial charge in [-0.25, -0.2) is 13.1 Å². The van der Waals surface area contributed by atoms with Crippen molar-refractivity contribution in [2.45, 2.75) is 57.1 Å². The second-order valence-corrected chi connectivity index (χ2v) is 7.09. The molecule has 1 aromatic rings. The topological polar surface area (TPSA) is 63.1 Å². The number of rotatable bonds is 7. The number of aromatic nitrogens is 1. The lowest BCUT2D eigenvalue weighted by Crippen LogP contribution is -2.22. The summed E-state index contributed by atoms with van der Waals surface area (Å²) in [6.45, 7) is 7.04. The van der Waals surface area contributed by atoms with E-state index in [-0.39, 0.29) is 6.04 Å². The van der Waals surface area contributed by atoms with Gasteiger partial charge in [0.1, 0.15) is 0 Å². The summed E-state index contributed by atoms with van der Waals surface area (Å²) in [6, 6.07) is 2.64. The third kappa shape index (κ3) is 3.58. The molecular formula is C13H23N3O2S. The van der Waals surface area contributed by atoms with Gasteiger partial charge in [0.05, 0.1) is 4.90 Å². The van der Waals surface area contributed by atoms with Gasteiger partial charge in [-0.3, -0.25) is 0 Å². The Balaban J connectivity index is 2.23. The summed E-state index contributed by atoms with van der Waals surface area (Å²) in [5.74, 6) is 0. The Hall–Kier alpha value is -0.850. The molecular weight excluding hydrogens is 262 g/mol. The van der Waals surface area contributed by atoms with Crippen molar-refractivity contribution in [3.63, 3.8) is 0 Å². The number of hydrogen-bond acceptors (Lipinski definition) is 3. The number of nitrogens with zero attached hydrogens (tertiary/aromatic N) is 1. The minimum atomic E-state index is -3.37. The van der Waals surface area contributed by atoms with Crippen LogP contribution in [0.15, 0.2) is 17.2 Å². The molecule has 1 aromatic heterocycles. The van der Waals surface area contributed by atoms with Crippen LogP contribution < -0.4 is 10.0 Å². The van der Waals surface area contributed by atoms with Crippen LogP contribution in [-0.4, -0.2) is 25.6 Å². The Kier molecular flexibility index (Phi) is 4.32. The van der Waals surface area contributed by atoms with Crippen LogP contribution in [0.1, 0.15) is 45.3 Å². The maximum atomic E-state index is 12.0. The summed E-state index contributed by atoms with van der Waals surface area (Å²) in [5.41, 5.74) is 1.03. The molecule has 0 unspecified atom stereocenters. The Morgan fingerprint density at radius 3 is 2.63 bits per heavy atom. The summed E-state index contributed by atoms with van der Waals surface area (Å²) in [4.78, 5) is 0.357. The van der Waals surface area contributed by atoms with Gasteiger partial charge in [0, 0.05) is 37.1 Å². The number of sulfonamides is 1. The molecule has 0 spiro atoms. The standard InChI is InChI=1S/C13H23N3O2S/c1-4-15-19(17,18)13-7-12(8-14-11-5-6-11)16(9-13)10(2)3/h7,9-11,14-15H,4-6,8H2,1-3H3. The SMILES string of the molecule is CCNS(=O)(=O)c1cc(CNC2CC2)n(C(C)C)c1. The quantitative estimate of drug-likeness (QED) is 0.800. The fraction of sp³-hybridized carbons (Fsp3) is 0.692. The van der Waals surface area contributed by atoms with E-state index in [1.54, 1.807) is 19.2 Å². The predicted octanol–water partition coefficient (Wildman–Crippen LogP) is 1.62. The van der Waals surface area contributed by atoms with Crippen LogP contribution in [0, 0.1) is 0 Å². The van der Waals surface area contributed by atoms with Gasteiger partial charge in [-0.1, -0.05) is 6.92 Å². The normalized spacial score (nSPS) is 16.2. The van der Waals surface area contributed by atoms with Crippen molar-refractivity contribution in [2.24, 2.45) is 0 Å². The molecule has 5 nitrogen and oxygen atoms in total. The maximum Gasteiger partial charge on any atom is 0.242 e. The van der Waals surface area contributed by atoms with Crippen molar-refractivity contribution in [2.75, 3.05) is 6.54 Å². The van der Waals surface area contributed by atoms with Gasteiger partial charge in [-0.2, -0.15) is 0 Å². The highest BCUT2D eigenvalue weighted by Gasteiger charge is 2.22. The Labute approximate surface area is 115 Å². The van der Waals surface area contributed by atoms with Crippen molar-refractivity contribution >= 4 is 10.0 Å². The minimum absolute atomic E-state index is 0.251. The first-order valence-electron chi connectivity index (χ1n) is 6.88. The molecule has 0 radical (unpaired) electrons. The van der Waals surface area contributed by atoms with Crippen LogP contribution in [0.25, 0.3) is 0 Å². The summed E-state index contributed by atoms with van der Waals surface area (Å²) in [5, 5.41) is 3.43. The number of nitrogens with one attached hydrogen (secondary N) is 2. The van der Waals surface area contributed by atoms with E-state index in [0.717, 1.165) is 12.2 Å². The molecule has 1 fully saturated rings. The summed E-state index contributed by atoms with van der Waals surface area (Å²) in [6.07, 6.45) is 4.18. The van der Waals surface area contributed by atoms with E-state index in [1.807, 2.05) is 4.57 Å². The first-order valence-corrected chi connectivity index (χ1v) is 8.36. The summed E-state index contributed by atoms with van der Waals surface area (Å²) in [7, 11) is -3.37. The van der Waals surface area contributed by atoms with E-state index in [0.29, 0.717) is 17.5 Å². The van der Waals surface area contributed by atoms with Gasteiger partial charge in [0.25, 0.3) is 0 Å². The third-order valence-corrected chi connectivity index (χ3v) is 4.77. The molecule has 6 heteroatoms. The van der Waals surface area contributed by atoms with Gasteiger partial charge < -0.3 is 9.88 Å². The lowest BCUT2D eigenvalue weighted by atomic mass is 10.3. The van der Waals surface area contributed by atoms with Crippen LogP contribution in [0.4, 0.5) is 0 Å². The highest BCUT2D eigenvalue weighted by atomic mass is 32.2. The zero-order valence-electron chi connectivity index (χ0n) is 11.8. The molecule has 2 N–H and O–H groups in total. The van der Waals surface area contributed by atoms with Gasteiger partial charge in [0.2, 0.25) is 10.0 Å². The summed E-state index contributed by atoms with van der Waals surface area (Å²) >= 11 is 0. The molecule has 0 bridgehead atoms. The molecule has 1 heterocycles. The molecule has 0 aromatic carbocycles. The van der Waals surface area contributed by atoms with Crippen LogP contribution in [0.5, 0.6) is 0 Å². The van der Waals surface area contributed by atoms with Crippen molar-refractivity contribution in [1.82, 2.24) is 14.6 Å². The largest absolute Gasteiger partial charge is 0.346 e. The van der Waals surface area contributed by atoms with Gasteiger partial charge in [0.15, 0.2) is 0 Å². The molecule has 1 aliphatic carbocycles. The van der Waals surface area contributed by atoms with Gasteiger partial charge in [-0.05, 0) is 32.8 Å². The lowest BCUT2D eigenvalue weighted by molar-refractivity contribution is 0.549. The highest BCUT2D eigenvalue weighted by Crippen LogP contribution is 2.22. The summed E-state index contributed by atoms with van der Waals surface area (Å²) < 4.78 is 28.6. The zero-order chi connectivity index (χ0) is 14.0. The van der Waals surface area contributed by atoms with Crippen LogP contribution in [0.3, 0.4) is 0 Å². The minimum Gasteiger partial charge on any atom is -0.346 e. The van der Waals surface area contributed by atoms with Crippen molar-refractivity contribution in [3.8, 4) is 0 Å². The molecule has 1 saturated carbocycles. The maximum absolute atomic E-state index is 12.0. The second-order valence-electron chi connectivity index (χ2n) is 5.32. The van der Waals surface area contributed by atoms with Crippen molar-refractivity contribution in [3.05, 3.63) is 18.0 Å². The molecule has 1 aliphatic rings. The fourth-order valence-electron chi connectivity index (χ4n) is 2.08. The van der Waals surface area contributed by atoms with Crippen LogP contribution in [-0.2, 0) is 16.6 Å². The monoisotopic (exact) mass is 285 g/mol. The van der Waals surface area contributed by atoms with Crippen LogP contribution in [0.2, 0.25) is 0 Å². The second kappa shape index (κ2) is 5.64.